The fraction of sp³-hybridized carbons (Fsp3) is 0.769. The van der Waals surface area contributed by atoms with Gasteiger partial charge in [-0.2, -0.15) is 0 Å². The number of aliphatic carboxylic acids is 2. The second kappa shape index (κ2) is 8.39. The Bertz CT molecular complexity index is 323. The highest BCUT2D eigenvalue weighted by Gasteiger charge is 2.25. The van der Waals surface area contributed by atoms with Crippen LogP contribution in [0.1, 0.15) is 40.5 Å². The van der Waals surface area contributed by atoms with Crippen LogP contribution in [-0.2, 0) is 9.59 Å². The largest absolute Gasteiger partial charge is 0.480 e. The van der Waals surface area contributed by atoms with Gasteiger partial charge in [0.2, 0.25) is 0 Å². The molecule has 2 atom stereocenters. The molecular formula is C13H24N2O5. The first kappa shape index (κ1) is 18.2. The van der Waals surface area contributed by atoms with Crippen molar-refractivity contribution in [1.29, 1.82) is 0 Å². The van der Waals surface area contributed by atoms with Gasteiger partial charge < -0.3 is 20.8 Å². The number of carbonyl (C=O) groups is 3. The van der Waals surface area contributed by atoms with Crippen LogP contribution in [0.2, 0.25) is 0 Å². The van der Waals surface area contributed by atoms with E-state index < -0.39 is 30.1 Å². The van der Waals surface area contributed by atoms with Crippen LogP contribution in [0.5, 0.6) is 0 Å². The Balaban J connectivity index is 4.56. The Kier molecular flexibility index (Phi) is 7.64. The van der Waals surface area contributed by atoms with E-state index in [2.05, 4.69) is 10.6 Å². The summed E-state index contributed by atoms with van der Waals surface area (Å²) >= 11 is 0. The summed E-state index contributed by atoms with van der Waals surface area (Å²) in [6.07, 6.45) is 0.565. The van der Waals surface area contributed by atoms with Crippen molar-refractivity contribution < 1.29 is 24.6 Å². The maximum absolute atomic E-state index is 11.7. The molecule has 116 valence electrons. The smallest absolute Gasteiger partial charge is 0.326 e. The summed E-state index contributed by atoms with van der Waals surface area (Å²) in [5.41, 5.74) is 0. The Hall–Kier alpha value is -1.79. The number of carbonyl (C=O) groups excluding carboxylic acids is 1. The van der Waals surface area contributed by atoms with Crippen LogP contribution in [0.15, 0.2) is 0 Å². The summed E-state index contributed by atoms with van der Waals surface area (Å²) in [6.45, 7) is 7.37. The lowest BCUT2D eigenvalue weighted by Crippen LogP contribution is -2.51. The van der Waals surface area contributed by atoms with Crippen LogP contribution < -0.4 is 10.6 Å². The SMILES string of the molecule is CC(C)CC(NC(=O)NC(CC(C)C)C(=O)O)C(=O)O. The number of urea groups is 1. The van der Waals surface area contributed by atoms with E-state index in [4.69, 9.17) is 10.2 Å². The Morgan fingerprint density at radius 2 is 1.10 bits per heavy atom. The zero-order chi connectivity index (χ0) is 15.9. The van der Waals surface area contributed by atoms with E-state index in [1.165, 1.54) is 0 Å². The number of rotatable bonds is 8. The quantitative estimate of drug-likeness (QED) is 0.537. The van der Waals surface area contributed by atoms with Crippen molar-refractivity contribution in [1.82, 2.24) is 10.6 Å². The first-order valence-electron chi connectivity index (χ1n) is 6.66. The van der Waals surface area contributed by atoms with Gasteiger partial charge in [0.25, 0.3) is 0 Å². The Labute approximate surface area is 118 Å². The second-order valence-corrected chi connectivity index (χ2v) is 5.66. The molecule has 0 heterocycles. The molecule has 0 bridgehead atoms. The minimum absolute atomic E-state index is 0.0994. The number of hydrogen-bond donors (Lipinski definition) is 4. The molecule has 0 fully saturated rings. The zero-order valence-corrected chi connectivity index (χ0v) is 12.3. The van der Waals surface area contributed by atoms with Gasteiger partial charge in [0.1, 0.15) is 12.1 Å². The molecule has 0 radical (unpaired) electrons. The molecule has 0 rings (SSSR count). The van der Waals surface area contributed by atoms with E-state index in [-0.39, 0.29) is 24.7 Å². The number of carboxylic acids is 2. The molecule has 2 unspecified atom stereocenters. The summed E-state index contributed by atoms with van der Waals surface area (Å²) in [4.78, 5) is 33.7. The summed E-state index contributed by atoms with van der Waals surface area (Å²) in [6, 6.07) is -2.82. The first-order chi connectivity index (χ1) is 9.13. The maximum Gasteiger partial charge on any atom is 0.326 e. The average Bonchev–Trinajstić information content (AvgIpc) is 2.25. The van der Waals surface area contributed by atoms with E-state index in [1.807, 2.05) is 27.7 Å². The molecular weight excluding hydrogens is 264 g/mol. The molecule has 0 aromatic carbocycles. The van der Waals surface area contributed by atoms with Crippen molar-refractivity contribution in [2.24, 2.45) is 11.8 Å². The van der Waals surface area contributed by atoms with Crippen molar-refractivity contribution in [3.05, 3.63) is 0 Å². The van der Waals surface area contributed by atoms with Crippen LogP contribution >= 0.6 is 0 Å². The van der Waals surface area contributed by atoms with Crippen molar-refractivity contribution in [3.63, 3.8) is 0 Å². The van der Waals surface area contributed by atoms with Gasteiger partial charge in [-0.3, -0.25) is 0 Å². The molecule has 7 nitrogen and oxygen atoms in total. The van der Waals surface area contributed by atoms with Crippen LogP contribution in [0, 0.1) is 11.8 Å². The van der Waals surface area contributed by atoms with Gasteiger partial charge in [-0.1, -0.05) is 27.7 Å². The molecule has 0 aliphatic rings. The molecule has 0 saturated carbocycles. The summed E-state index contributed by atoms with van der Waals surface area (Å²) < 4.78 is 0. The van der Waals surface area contributed by atoms with Gasteiger partial charge in [-0.25, -0.2) is 14.4 Å². The predicted octanol–water partition coefficient (Wildman–Crippen LogP) is 1.28. The van der Waals surface area contributed by atoms with Gasteiger partial charge in [-0.05, 0) is 24.7 Å². The van der Waals surface area contributed by atoms with E-state index in [0.29, 0.717) is 0 Å². The standard InChI is InChI=1S/C13H24N2O5/c1-7(2)5-9(11(16)17)14-13(20)15-10(12(18)19)6-8(3)4/h7-10H,5-6H2,1-4H3,(H,16,17)(H,18,19)(H2,14,15,20). The monoisotopic (exact) mass is 288 g/mol. The second-order valence-electron chi connectivity index (χ2n) is 5.66. The Morgan fingerprint density at radius 3 is 1.30 bits per heavy atom. The minimum Gasteiger partial charge on any atom is -0.480 e. The van der Waals surface area contributed by atoms with Gasteiger partial charge >= 0.3 is 18.0 Å². The van der Waals surface area contributed by atoms with Crippen LogP contribution in [0.4, 0.5) is 4.79 Å². The van der Waals surface area contributed by atoms with Crippen molar-refractivity contribution in [2.75, 3.05) is 0 Å². The summed E-state index contributed by atoms with van der Waals surface area (Å²) in [5, 5.41) is 22.6. The first-order valence-corrected chi connectivity index (χ1v) is 6.66. The molecule has 20 heavy (non-hydrogen) atoms. The zero-order valence-electron chi connectivity index (χ0n) is 12.3. The van der Waals surface area contributed by atoms with Crippen LogP contribution in [0.3, 0.4) is 0 Å². The highest BCUT2D eigenvalue weighted by molar-refractivity contribution is 5.86. The normalized spacial score (nSPS) is 13.9. The highest BCUT2D eigenvalue weighted by Crippen LogP contribution is 2.07. The van der Waals surface area contributed by atoms with Gasteiger partial charge in [0.05, 0.1) is 0 Å². The number of carboxylic acid groups (broad SMARTS) is 2. The number of hydrogen-bond acceptors (Lipinski definition) is 3. The van der Waals surface area contributed by atoms with E-state index >= 15 is 0 Å². The van der Waals surface area contributed by atoms with E-state index in [1.54, 1.807) is 0 Å². The third kappa shape index (κ3) is 7.60. The predicted molar refractivity (Wildman–Crippen MR) is 73.4 cm³/mol. The number of amides is 2. The van der Waals surface area contributed by atoms with Gasteiger partial charge in [0.15, 0.2) is 0 Å². The average molecular weight is 288 g/mol. The molecule has 0 aromatic rings. The molecule has 0 aromatic heterocycles. The lowest BCUT2D eigenvalue weighted by atomic mass is 10.0. The van der Waals surface area contributed by atoms with E-state index in [0.717, 1.165) is 0 Å². The molecule has 0 saturated heterocycles. The van der Waals surface area contributed by atoms with Gasteiger partial charge in [-0.15, -0.1) is 0 Å². The third-order valence-electron chi connectivity index (χ3n) is 2.62. The fourth-order valence-electron chi connectivity index (χ4n) is 1.74. The fourth-order valence-corrected chi connectivity index (χ4v) is 1.74. The topological polar surface area (TPSA) is 116 Å². The molecule has 7 heteroatoms. The van der Waals surface area contributed by atoms with Crippen molar-refractivity contribution in [3.8, 4) is 0 Å². The maximum atomic E-state index is 11.7. The lowest BCUT2D eigenvalue weighted by molar-refractivity contribution is -0.140. The summed E-state index contributed by atoms with van der Waals surface area (Å²) in [7, 11) is 0. The number of nitrogens with one attached hydrogen (secondary N) is 2. The van der Waals surface area contributed by atoms with Crippen molar-refractivity contribution >= 4 is 18.0 Å². The lowest BCUT2D eigenvalue weighted by Gasteiger charge is -2.20. The van der Waals surface area contributed by atoms with E-state index in [9.17, 15) is 14.4 Å². The molecule has 4 N–H and O–H groups in total. The van der Waals surface area contributed by atoms with Crippen LogP contribution in [-0.4, -0.2) is 40.3 Å². The molecule has 2 amide bonds. The third-order valence-corrected chi connectivity index (χ3v) is 2.62. The van der Waals surface area contributed by atoms with Crippen LogP contribution in [0.25, 0.3) is 0 Å². The van der Waals surface area contributed by atoms with Crippen molar-refractivity contribution in [2.45, 2.75) is 52.6 Å². The Morgan fingerprint density at radius 1 is 0.800 bits per heavy atom. The highest BCUT2D eigenvalue weighted by atomic mass is 16.4. The molecule has 0 aliphatic heterocycles. The minimum atomic E-state index is -1.13. The summed E-state index contributed by atoms with van der Waals surface area (Å²) in [5.74, 6) is -2.07. The van der Waals surface area contributed by atoms with Gasteiger partial charge in [0, 0.05) is 0 Å². The molecule has 0 spiro atoms. The molecule has 0 aliphatic carbocycles.